The highest BCUT2D eigenvalue weighted by atomic mass is 16.1. The molecule has 0 unspecified atom stereocenters. The summed E-state index contributed by atoms with van der Waals surface area (Å²) in [4.78, 5) is 22.4. The molecule has 1 aliphatic rings. The predicted molar refractivity (Wildman–Crippen MR) is 128 cm³/mol. The van der Waals surface area contributed by atoms with Crippen molar-refractivity contribution in [3.8, 4) is 0 Å². The Bertz CT molecular complexity index is 1060. The quantitative estimate of drug-likeness (QED) is 0.537. The van der Waals surface area contributed by atoms with Gasteiger partial charge in [0.05, 0.1) is 5.56 Å². The molecule has 3 N–H and O–H groups in total. The molecule has 1 aliphatic heterocycles. The molecule has 5 nitrogen and oxygen atoms in total. The van der Waals surface area contributed by atoms with Gasteiger partial charge in [-0.15, -0.1) is 0 Å². The highest BCUT2D eigenvalue weighted by Gasteiger charge is 2.25. The number of H-pyrrole nitrogens is 1. The molecular formula is C26H36N4O+2. The van der Waals surface area contributed by atoms with Crippen LogP contribution in [0.15, 0.2) is 53.3 Å². The van der Waals surface area contributed by atoms with Gasteiger partial charge in [-0.2, -0.15) is 0 Å². The number of aromatic amines is 1. The number of fused-ring (bicyclic) bond motifs is 1. The summed E-state index contributed by atoms with van der Waals surface area (Å²) in [7, 11) is 0. The van der Waals surface area contributed by atoms with E-state index in [1.54, 1.807) is 4.90 Å². The van der Waals surface area contributed by atoms with E-state index in [1.807, 2.05) is 6.92 Å². The van der Waals surface area contributed by atoms with Gasteiger partial charge in [0.1, 0.15) is 39.3 Å². The zero-order valence-electron chi connectivity index (χ0n) is 19.1. The third kappa shape index (κ3) is 4.83. The fourth-order valence-corrected chi connectivity index (χ4v) is 4.88. The largest absolute Gasteiger partial charge is 0.372 e. The van der Waals surface area contributed by atoms with Gasteiger partial charge in [-0.25, -0.2) is 0 Å². The molecule has 2 heterocycles. The number of quaternary nitrogens is 2. The first-order valence-corrected chi connectivity index (χ1v) is 11.7. The van der Waals surface area contributed by atoms with Crippen molar-refractivity contribution >= 4 is 16.6 Å². The lowest BCUT2D eigenvalue weighted by molar-refractivity contribution is -1.02. The molecule has 164 valence electrons. The number of piperazine rings is 1. The molecule has 31 heavy (non-hydrogen) atoms. The number of nitrogens with one attached hydrogen (secondary N) is 3. The van der Waals surface area contributed by atoms with Crippen LogP contribution in [-0.2, 0) is 13.1 Å². The van der Waals surface area contributed by atoms with E-state index in [4.69, 9.17) is 0 Å². The smallest absolute Gasteiger partial charge is 0.198 e. The van der Waals surface area contributed by atoms with Gasteiger partial charge in [0.15, 0.2) is 5.43 Å². The summed E-state index contributed by atoms with van der Waals surface area (Å²) in [5.41, 5.74) is 5.64. The molecular weight excluding hydrogens is 384 g/mol. The first-order chi connectivity index (χ1) is 15.1. The molecule has 0 bridgehead atoms. The average molecular weight is 421 g/mol. The van der Waals surface area contributed by atoms with Crippen LogP contribution in [0.2, 0.25) is 0 Å². The average Bonchev–Trinajstić information content (AvgIpc) is 2.79. The lowest BCUT2D eigenvalue weighted by atomic mass is 10.1. The van der Waals surface area contributed by atoms with E-state index in [-0.39, 0.29) is 5.43 Å². The van der Waals surface area contributed by atoms with Gasteiger partial charge in [-0.1, -0.05) is 30.3 Å². The predicted octanol–water partition coefficient (Wildman–Crippen LogP) is 1.17. The van der Waals surface area contributed by atoms with Gasteiger partial charge in [0, 0.05) is 40.9 Å². The number of hydrogen-bond acceptors (Lipinski definition) is 2. The molecule has 2 aromatic carbocycles. The van der Waals surface area contributed by atoms with Crippen molar-refractivity contribution < 1.29 is 9.80 Å². The summed E-state index contributed by atoms with van der Waals surface area (Å²) in [6.07, 6.45) is 0. The minimum absolute atomic E-state index is 0.201. The van der Waals surface area contributed by atoms with Crippen molar-refractivity contribution in [2.45, 2.75) is 33.9 Å². The Labute approximate surface area is 185 Å². The maximum absolute atomic E-state index is 13.4. The van der Waals surface area contributed by atoms with E-state index in [2.05, 4.69) is 72.3 Å². The second kappa shape index (κ2) is 9.67. The Morgan fingerprint density at radius 1 is 0.903 bits per heavy atom. The van der Waals surface area contributed by atoms with Crippen LogP contribution in [0.25, 0.3) is 10.9 Å². The van der Waals surface area contributed by atoms with Crippen LogP contribution >= 0.6 is 0 Å². The van der Waals surface area contributed by atoms with E-state index < -0.39 is 0 Å². The molecule has 0 aliphatic carbocycles. The highest BCUT2D eigenvalue weighted by Crippen LogP contribution is 2.20. The molecule has 1 fully saturated rings. The second-order valence-electron chi connectivity index (χ2n) is 8.80. The number of aryl methyl sites for hydroxylation is 1. The van der Waals surface area contributed by atoms with Crippen LogP contribution in [0.3, 0.4) is 0 Å². The summed E-state index contributed by atoms with van der Waals surface area (Å²) in [5.74, 6) is 0. The molecule has 0 saturated carbocycles. The van der Waals surface area contributed by atoms with Crippen molar-refractivity contribution in [3.05, 3.63) is 75.6 Å². The minimum atomic E-state index is 0.201. The second-order valence-corrected chi connectivity index (χ2v) is 8.80. The van der Waals surface area contributed by atoms with Crippen LogP contribution < -0.4 is 20.1 Å². The van der Waals surface area contributed by atoms with Gasteiger partial charge in [-0.3, -0.25) is 4.79 Å². The maximum atomic E-state index is 13.4. The third-order valence-electron chi connectivity index (χ3n) is 6.81. The molecule has 0 amide bonds. The third-order valence-corrected chi connectivity index (χ3v) is 6.81. The molecule has 5 heteroatoms. The molecule has 1 saturated heterocycles. The Kier molecular flexibility index (Phi) is 6.73. The number of hydrogen-bond donors (Lipinski definition) is 3. The van der Waals surface area contributed by atoms with E-state index in [9.17, 15) is 4.79 Å². The van der Waals surface area contributed by atoms with Crippen LogP contribution in [0.5, 0.6) is 0 Å². The van der Waals surface area contributed by atoms with Gasteiger partial charge >= 0.3 is 0 Å². The van der Waals surface area contributed by atoms with Gasteiger partial charge in [0.2, 0.25) is 0 Å². The number of nitrogens with zero attached hydrogens (tertiary/aromatic N) is 1. The monoisotopic (exact) mass is 420 g/mol. The summed E-state index contributed by atoms with van der Waals surface area (Å²) in [5, 5.41) is 0.817. The number of benzene rings is 2. The Hall–Kier alpha value is -2.63. The molecule has 1 aromatic heterocycles. The van der Waals surface area contributed by atoms with Gasteiger partial charge < -0.3 is 19.7 Å². The zero-order valence-corrected chi connectivity index (χ0v) is 19.1. The molecule has 0 spiro atoms. The van der Waals surface area contributed by atoms with E-state index >= 15 is 0 Å². The lowest BCUT2D eigenvalue weighted by Gasteiger charge is -2.30. The van der Waals surface area contributed by atoms with Crippen molar-refractivity contribution in [1.29, 1.82) is 0 Å². The zero-order chi connectivity index (χ0) is 21.8. The number of aromatic nitrogens is 1. The van der Waals surface area contributed by atoms with Crippen molar-refractivity contribution in [2.75, 3.05) is 44.2 Å². The standard InChI is InChI=1S/C26H34N4O/c1-4-30(5-2)22-11-12-25-23(17-22)26(31)24(20(3)27-25)19-29-15-13-28(14-16-29)18-21-9-7-6-8-10-21/h6-12,17H,4-5,13-16,18-19H2,1-3H3,(H,27,31)/p+2. The van der Waals surface area contributed by atoms with E-state index in [0.717, 1.165) is 80.2 Å². The van der Waals surface area contributed by atoms with Crippen molar-refractivity contribution in [1.82, 2.24) is 4.98 Å². The summed E-state index contributed by atoms with van der Waals surface area (Å²) >= 11 is 0. The van der Waals surface area contributed by atoms with Crippen LogP contribution in [0.1, 0.15) is 30.7 Å². The van der Waals surface area contributed by atoms with E-state index in [1.165, 1.54) is 10.5 Å². The Balaban J connectivity index is 1.48. The minimum Gasteiger partial charge on any atom is -0.372 e. The number of pyridine rings is 1. The normalized spacial score (nSPS) is 18.9. The summed E-state index contributed by atoms with van der Waals surface area (Å²) in [6, 6.07) is 17.0. The fraction of sp³-hybridized carbons (Fsp3) is 0.423. The van der Waals surface area contributed by atoms with Crippen molar-refractivity contribution in [3.63, 3.8) is 0 Å². The van der Waals surface area contributed by atoms with Crippen molar-refractivity contribution in [2.24, 2.45) is 0 Å². The first-order valence-electron chi connectivity index (χ1n) is 11.7. The fourth-order valence-electron chi connectivity index (χ4n) is 4.88. The summed E-state index contributed by atoms with van der Waals surface area (Å²) in [6.45, 7) is 14.7. The number of rotatable bonds is 7. The lowest BCUT2D eigenvalue weighted by Crippen LogP contribution is -3.27. The van der Waals surface area contributed by atoms with Gasteiger partial charge in [-0.05, 0) is 39.0 Å². The summed E-state index contributed by atoms with van der Waals surface area (Å²) < 4.78 is 0. The Morgan fingerprint density at radius 2 is 1.55 bits per heavy atom. The molecule has 0 radical (unpaired) electrons. The maximum Gasteiger partial charge on any atom is 0.198 e. The van der Waals surface area contributed by atoms with Crippen LogP contribution in [0.4, 0.5) is 5.69 Å². The molecule has 3 aromatic rings. The van der Waals surface area contributed by atoms with Crippen LogP contribution in [-0.4, -0.2) is 44.3 Å². The molecule has 0 atom stereocenters. The van der Waals surface area contributed by atoms with E-state index in [0.29, 0.717) is 0 Å². The van der Waals surface area contributed by atoms with Crippen LogP contribution in [0, 0.1) is 6.92 Å². The van der Waals surface area contributed by atoms with Gasteiger partial charge in [0.25, 0.3) is 0 Å². The first kappa shape index (κ1) is 21.6. The topological polar surface area (TPSA) is 45.0 Å². The Morgan fingerprint density at radius 3 is 2.19 bits per heavy atom. The highest BCUT2D eigenvalue weighted by molar-refractivity contribution is 5.83. The molecule has 4 rings (SSSR count). The number of anilines is 1. The SMILES string of the molecule is CCN(CC)c1ccc2[nH]c(C)c(C[NH+]3CC[NH+](Cc4ccccc4)CC3)c(=O)c2c1.